The highest BCUT2D eigenvalue weighted by atomic mass is 32.2. The molecule has 0 aliphatic heterocycles. The minimum atomic E-state index is -3.56. The van der Waals surface area contributed by atoms with E-state index in [0.717, 1.165) is 10.4 Å². The van der Waals surface area contributed by atoms with E-state index in [1.54, 1.807) is 24.3 Å². The average Bonchev–Trinajstić information content (AvgIpc) is 3.03. The van der Waals surface area contributed by atoms with Gasteiger partial charge in [0, 0.05) is 11.4 Å². The SMILES string of the molecule is Cc1ccc(CNc2ccc(NS(=O)(=O)c3ccc(C)s3)cn2)cc1. The molecule has 0 fully saturated rings. The number of sulfonamides is 1. The van der Waals surface area contributed by atoms with E-state index in [4.69, 9.17) is 0 Å². The summed E-state index contributed by atoms with van der Waals surface area (Å²) in [7, 11) is -3.56. The van der Waals surface area contributed by atoms with Crippen molar-refractivity contribution in [3.63, 3.8) is 0 Å². The number of anilines is 2. The molecule has 1 aromatic carbocycles. The van der Waals surface area contributed by atoms with Crippen LogP contribution in [0.25, 0.3) is 0 Å². The molecule has 2 heterocycles. The van der Waals surface area contributed by atoms with Gasteiger partial charge in [0.2, 0.25) is 0 Å². The topological polar surface area (TPSA) is 71.1 Å². The molecule has 0 aliphatic rings. The third-order valence-corrected chi connectivity index (χ3v) is 6.46. The Hall–Kier alpha value is -2.38. The summed E-state index contributed by atoms with van der Waals surface area (Å²) >= 11 is 1.24. The molecule has 0 spiro atoms. The summed E-state index contributed by atoms with van der Waals surface area (Å²) in [6, 6.07) is 15.1. The fraction of sp³-hybridized carbons (Fsp3) is 0.167. The average molecular weight is 374 g/mol. The number of hydrogen-bond donors (Lipinski definition) is 2. The first-order chi connectivity index (χ1) is 11.9. The number of benzene rings is 1. The number of nitrogens with one attached hydrogen (secondary N) is 2. The maximum absolute atomic E-state index is 12.3. The van der Waals surface area contributed by atoms with Crippen molar-refractivity contribution < 1.29 is 8.42 Å². The Morgan fingerprint density at radius 3 is 2.36 bits per heavy atom. The highest BCUT2D eigenvalue weighted by Crippen LogP contribution is 2.23. The monoisotopic (exact) mass is 373 g/mol. The number of pyridine rings is 1. The van der Waals surface area contributed by atoms with Crippen molar-refractivity contribution in [3.05, 3.63) is 70.7 Å². The molecular formula is C18H19N3O2S2. The smallest absolute Gasteiger partial charge is 0.271 e. The summed E-state index contributed by atoms with van der Waals surface area (Å²) in [4.78, 5) is 5.21. The molecule has 3 aromatic rings. The van der Waals surface area contributed by atoms with Gasteiger partial charge in [0.1, 0.15) is 10.0 Å². The first-order valence-electron chi connectivity index (χ1n) is 7.77. The molecule has 0 saturated heterocycles. The predicted octanol–water partition coefficient (Wildman–Crippen LogP) is 4.17. The van der Waals surface area contributed by atoms with Gasteiger partial charge in [-0.15, -0.1) is 11.3 Å². The van der Waals surface area contributed by atoms with Crippen LogP contribution in [0.1, 0.15) is 16.0 Å². The van der Waals surface area contributed by atoms with Crippen molar-refractivity contribution in [2.24, 2.45) is 0 Å². The first-order valence-corrected chi connectivity index (χ1v) is 10.1. The Morgan fingerprint density at radius 1 is 1.00 bits per heavy atom. The zero-order valence-corrected chi connectivity index (χ0v) is 15.6. The fourth-order valence-electron chi connectivity index (χ4n) is 2.22. The van der Waals surface area contributed by atoms with Crippen LogP contribution in [0.5, 0.6) is 0 Å². The Kier molecular flexibility index (Phi) is 5.06. The highest BCUT2D eigenvalue weighted by molar-refractivity contribution is 7.94. The summed E-state index contributed by atoms with van der Waals surface area (Å²) in [6.45, 7) is 4.59. The molecule has 5 nitrogen and oxygen atoms in total. The Balaban J connectivity index is 1.63. The first kappa shape index (κ1) is 17.4. The van der Waals surface area contributed by atoms with E-state index in [0.29, 0.717) is 22.3 Å². The van der Waals surface area contributed by atoms with E-state index < -0.39 is 10.0 Å². The van der Waals surface area contributed by atoms with Crippen LogP contribution in [-0.2, 0) is 16.6 Å². The van der Waals surface area contributed by atoms with Gasteiger partial charge >= 0.3 is 0 Å². The molecule has 2 N–H and O–H groups in total. The van der Waals surface area contributed by atoms with Gasteiger partial charge in [-0.05, 0) is 43.7 Å². The second-order valence-corrected chi connectivity index (χ2v) is 8.94. The summed E-state index contributed by atoms with van der Waals surface area (Å²) in [5, 5.41) is 3.22. The van der Waals surface area contributed by atoms with Gasteiger partial charge in [-0.1, -0.05) is 29.8 Å². The molecule has 3 rings (SSSR count). The molecule has 0 unspecified atom stereocenters. The summed E-state index contributed by atoms with van der Waals surface area (Å²) in [5.41, 5.74) is 2.82. The van der Waals surface area contributed by atoms with Crippen LogP contribution in [0.3, 0.4) is 0 Å². The number of rotatable bonds is 6. The molecule has 0 amide bonds. The normalized spacial score (nSPS) is 11.3. The second-order valence-electron chi connectivity index (χ2n) is 5.74. The molecule has 25 heavy (non-hydrogen) atoms. The molecule has 130 valence electrons. The van der Waals surface area contributed by atoms with Gasteiger partial charge in [-0.3, -0.25) is 4.72 Å². The maximum atomic E-state index is 12.3. The number of hydrogen-bond acceptors (Lipinski definition) is 5. The standard InChI is InChI=1S/C18H19N3O2S2/c1-13-3-6-15(7-4-13)11-19-17-9-8-16(12-20-17)21-25(22,23)18-10-5-14(2)24-18/h3-10,12,21H,11H2,1-2H3,(H,19,20). The number of thiophene rings is 1. The van der Waals surface area contributed by atoms with E-state index in [-0.39, 0.29) is 0 Å². The quantitative estimate of drug-likeness (QED) is 0.680. The van der Waals surface area contributed by atoms with Gasteiger partial charge in [-0.25, -0.2) is 13.4 Å². The van der Waals surface area contributed by atoms with E-state index in [9.17, 15) is 8.42 Å². The predicted molar refractivity (Wildman–Crippen MR) is 103 cm³/mol. The van der Waals surface area contributed by atoms with Crippen molar-refractivity contribution in [3.8, 4) is 0 Å². The van der Waals surface area contributed by atoms with Crippen molar-refractivity contribution in [1.82, 2.24) is 4.98 Å². The van der Waals surface area contributed by atoms with Crippen LogP contribution in [0, 0.1) is 13.8 Å². The van der Waals surface area contributed by atoms with Gasteiger partial charge < -0.3 is 5.32 Å². The number of aromatic nitrogens is 1. The molecule has 0 saturated carbocycles. The zero-order chi connectivity index (χ0) is 17.9. The molecule has 0 radical (unpaired) electrons. The summed E-state index contributed by atoms with van der Waals surface area (Å²) in [6.07, 6.45) is 1.51. The molecule has 0 bridgehead atoms. The third-order valence-electron chi connectivity index (χ3n) is 3.59. The van der Waals surface area contributed by atoms with Gasteiger partial charge in [0.25, 0.3) is 10.0 Å². The van der Waals surface area contributed by atoms with Crippen LogP contribution in [0.2, 0.25) is 0 Å². The molecule has 2 aromatic heterocycles. The van der Waals surface area contributed by atoms with Crippen LogP contribution >= 0.6 is 11.3 Å². The molecular weight excluding hydrogens is 354 g/mol. The van der Waals surface area contributed by atoms with Crippen LogP contribution in [0.4, 0.5) is 11.5 Å². The van der Waals surface area contributed by atoms with Gasteiger partial charge in [-0.2, -0.15) is 0 Å². The third kappa shape index (κ3) is 4.58. The van der Waals surface area contributed by atoms with Crippen molar-refractivity contribution >= 4 is 32.9 Å². The lowest BCUT2D eigenvalue weighted by Crippen LogP contribution is -2.11. The minimum absolute atomic E-state index is 0.298. The maximum Gasteiger partial charge on any atom is 0.271 e. The lowest BCUT2D eigenvalue weighted by atomic mass is 10.1. The van der Waals surface area contributed by atoms with Crippen molar-refractivity contribution in [2.45, 2.75) is 24.6 Å². The molecule has 0 atom stereocenters. The Labute approximate surface area is 151 Å². The van der Waals surface area contributed by atoms with Gasteiger partial charge in [0.05, 0.1) is 11.9 Å². The van der Waals surface area contributed by atoms with E-state index in [2.05, 4.69) is 46.2 Å². The molecule has 7 heteroatoms. The van der Waals surface area contributed by atoms with E-state index in [1.165, 1.54) is 23.1 Å². The summed E-state index contributed by atoms with van der Waals surface area (Å²) < 4.78 is 27.4. The summed E-state index contributed by atoms with van der Waals surface area (Å²) in [5.74, 6) is 0.690. The lowest BCUT2D eigenvalue weighted by molar-refractivity contribution is 0.603. The van der Waals surface area contributed by atoms with Crippen molar-refractivity contribution in [1.29, 1.82) is 0 Å². The van der Waals surface area contributed by atoms with Gasteiger partial charge in [0.15, 0.2) is 0 Å². The second kappa shape index (κ2) is 7.25. The highest BCUT2D eigenvalue weighted by Gasteiger charge is 2.16. The lowest BCUT2D eigenvalue weighted by Gasteiger charge is -2.09. The Bertz CT molecular complexity index is 947. The largest absolute Gasteiger partial charge is 0.366 e. The zero-order valence-electron chi connectivity index (χ0n) is 14.0. The number of nitrogens with zero attached hydrogens (tertiary/aromatic N) is 1. The minimum Gasteiger partial charge on any atom is -0.366 e. The van der Waals surface area contributed by atoms with Crippen LogP contribution in [0.15, 0.2) is 58.9 Å². The van der Waals surface area contributed by atoms with Crippen LogP contribution < -0.4 is 10.0 Å². The van der Waals surface area contributed by atoms with Crippen LogP contribution in [-0.4, -0.2) is 13.4 Å². The van der Waals surface area contributed by atoms with E-state index in [1.807, 2.05) is 6.92 Å². The molecule has 0 aliphatic carbocycles. The fourth-order valence-corrected chi connectivity index (χ4v) is 4.55. The van der Waals surface area contributed by atoms with E-state index >= 15 is 0 Å². The van der Waals surface area contributed by atoms with Crippen molar-refractivity contribution in [2.75, 3.05) is 10.0 Å². The number of aryl methyl sites for hydroxylation is 2. The Morgan fingerprint density at radius 2 is 1.76 bits per heavy atom.